The van der Waals surface area contributed by atoms with Crippen LogP contribution in [0, 0.1) is 25.7 Å². The number of ketones is 2. The minimum atomic E-state index is -4.28. The van der Waals surface area contributed by atoms with E-state index in [0.717, 1.165) is 98.9 Å². The Hall–Kier alpha value is -7.06. The summed E-state index contributed by atoms with van der Waals surface area (Å²) in [7, 11) is 3.22. The number of hydrogen-bond acceptors (Lipinski definition) is 12. The number of hydrogen-bond donors (Lipinski definition) is 2. The van der Waals surface area contributed by atoms with Crippen LogP contribution in [0.25, 0.3) is 33.8 Å². The number of nitrogens with zero attached hydrogens (tertiary/aromatic N) is 6. The van der Waals surface area contributed by atoms with Gasteiger partial charge in [0, 0.05) is 66.1 Å². The van der Waals surface area contributed by atoms with Crippen LogP contribution in [0.5, 0.6) is 11.5 Å². The molecule has 11 rings (SSSR count). The van der Waals surface area contributed by atoms with E-state index < -0.39 is 29.3 Å². The summed E-state index contributed by atoms with van der Waals surface area (Å²) in [6.45, 7) is 3.29. The van der Waals surface area contributed by atoms with Gasteiger partial charge in [0.2, 0.25) is 0 Å². The average Bonchev–Trinajstić information content (AvgIpc) is 4.38. The van der Waals surface area contributed by atoms with Crippen molar-refractivity contribution in [3.63, 3.8) is 0 Å². The topological polar surface area (TPSA) is 137 Å². The number of Topliss-reactive ketones (excluding diaryl/α,β-unsaturated/α-hetero) is 2. The summed E-state index contributed by atoms with van der Waals surface area (Å²) in [6, 6.07) is 30.4. The molecule has 80 heavy (non-hydrogen) atoms. The van der Waals surface area contributed by atoms with Crippen molar-refractivity contribution in [3.8, 4) is 34.0 Å². The number of nitrogens with one attached hydrogen (secondary N) is 2. The summed E-state index contributed by atoms with van der Waals surface area (Å²) < 4.78 is 91.0. The number of benzene rings is 4. The van der Waals surface area contributed by atoms with E-state index >= 15 is 0 Å². The highest BCUT2D eigenvalue weighted by molar-refractivity contribution is 8.20. The van der Waals surface area contributed by atoms with Crippen molar-refractivity contribution in [2.75, 3.05) is 49.4 Å². The number of aryl methyl sites for hydroxylation is 2. The van der Waals surface area contributed by atoms with Gasteiger partial charge in [-0.05, 0) is 122 Å². The fourth-order valence-corrected chi connectivity index (χ4v) is 13.0. The van der Waals surface area contributed by atoms with Crippen molar-refractivity contribution in [2.24, 2.45) is 11.8 Å². The van der Waals surface area contributed by atoms with E-state index in [1.807, 2.05) is 105 Å². The Morgan fingerprint density at radius 3 is 1.54 bits per heavy atom. The Bertz CT molecular complexity index is 3530. The summed E-state index contributed by atoms with van der Waals surface area (Å²) in [4.78, 5) is 34.6. The Morgan fingerprint density at radius 2 is 1.09 bits per heavy atom. The third-order valence-electron chi connectivity index (χ3n) is 14.5. The second-order valence-corrected chi connectivity index (χ2v) is 23.5. The molecule has 4 aromatic carbocycles. The molecular formula is C60H60F6N8O4S2. The minimum absolute atomic E-state index is 0.158. The van der Waals surface area contributed by atoms with Gasteiger partial charge in [-0.3, -0.25) is 9.59 Å². The SMILES string of the molecule is COc1ccc(C2(c3cc(NCCC(F)(F)F)c4ncc(-c5ccc(C(=O)CC6CC6)c(C)c5)n4n3)SCCS2)cc1.COc1ccc(Cc2cc(NCCC(F)(F)F)c3ncc(-c4ccc(C(=O)CC5CC5)c(C)c4)n3n2)cc1. The van der Waals surface area contributed by atoms with Crippen LogP contribution in [0.2, 0.25) is 0 Å². The second-order valence-electron chi connectivity index (χ2n) is 20.6. The molecule has 12 nitrogen and oxygen atoms in total. The number of carbonyl (C=O) groups is 2. The number of halogens is 6. The number of methoxy groups -OCH3 is 2. The number of fused-ring (bicyclic) bond motifs is 2. The van der Waals surface area contributed by atoms with Crippen LogP contribution >= 0.6 is 23.5 Å². The molecular weight excluding hydrogens is 1070 g/mol. The number of carbonyl (C=O) groups excluding carboxylic acids is 2. The molecule has 418 valence electrons. The van der Waals surface area contributed by atoms with Crippen molar-refractivity contribution in [2.45, 2.75) is 88.1 Å². The van der Waals surface area contributed by atoms with Gasteiger partial charge in [0.1, 0.15) is 15.6 Å². The van der Waals surface area contributed by atoms with Gasteiger partial charge in [-0.1, -0.05) is 48.5 Å². The molecule has 5 heterocycles. The van der Waals surface area contributed by atoms with E-state index in [-0.39, 0.29) is 24.7 Å². The molecule has 20 heteroatoms. The van der Waals surface area contributed by atoms with E-state index in [4.69, 9.17) is 19.7 Å². The van der Waals surface area contributed by atoms with Gasteiger partial charge in [-0.25, -0.2) is 19.0 Å². The molecule has 0 unspecified atom stereocenters. The number of aromatic nitrogens is 6. The number of alkyl halides is 6. The highest BCUT2D eigenvalue weighted by atomic mass is 32.2. The Labute approximate surface area is 467 Å². The maximum atomic E-state index is 13.1. The van der Waals surface area contributed by atoms with Crippen LogP contribution in [0.15, 0.2) is 109 Å². The van der Waals surface area contributed by atoms with E-state index in [2.05, 4.69) is 20.6 Å². The highest BCUT2D eigenvalue weighted by Crippen LogP contribution is 2.56. The summed E-state index contributed by atoms with van der Waals surface area (Å²) in [5.74, 6) is 4.62. The number of rotatable bonds is 20. The number of anilines is 2. The predicted octanol–water partition coefficient (Wildman–Crippen LogP) is 14.4. The molecule has 0 radical (unpaired) electrons. The summed E-state index contributed by atoms with van der Waals surface area (Å²) >= 11 is 3.51. The van der Waals surface area contributed by atoms with E-state index in [1.165, 1.54) is 0 Å². The van der Waals surface area contributed by atoms with Crippen LogP contribution in [0.3, 0.4) is 0 Å². The van der Waals surface area contributed by atoms with Gasteiger partial charge in [0.15, 0.2) is 22.9 Å². The first-order valence-electron chi connectivity index (χ1n) is 26.6. The summed E-state index contributed by atoms with van der Waals surface area (Å²) in [5.41, 5.74) is 11.5. The maximum Gasteiger partial charge on any atom is 0.390 e. The third kappa shape index (κ3) is 13.2. The zero-order valence-corrected chi connectivity index (χ0v) is 46.3. The lowest BCUT2D eigenvalue weighted by Crippen LogP contribution is -2.21. The first-order chi connectivity index (χ1) is 38.4. The van der Waals surface area contributed by atoms with Crippen molar-refractivity contribution in [1.82, 2.24) is 29.2 Å². The molecule has 4 aromatic heterocycles. The molecule has 1 aliphatic heterocycles. The van der Waals surface area contributed by atoms with Gasteiger partial charge in [0.25, 0.3) is 0 Å². The zero-order valence-electron chi connectivity index (χ0n) is 44.6. The molecule has 3 aliphatic rings. The molecule has 3 fully saturated rings. The lowest BCUT2D eigenvalue weighted by Gasteiger charge is -2.28. The van der Waals surface area contributed by atoms with Gasteiger partial charge < -0.3 is 20.1 Å². The van der Waals surface area contributed by atoms with Gasteiger partial charge in [0.05, 0.1) is 73.6 Å². The first-order valence-corrected chi connectivity index (χ1v) is 28.6. The van der Waals surface area contributed by atoms with Crippen LogP contribution < -0.4 is 20.1 Å². The summed E-state index contributed by atoms with van der Waals surface area (Å²) in [5, 5.41) is 15.8. The predicted molar refractivity (Wildman–Crippen MR) is 302 cm³/mol. The minimum Gasteiger partial charge on any atom is -0.497 e. The van der Waals surface area contributed by atoms with Crippen molar-refractivity contribution >= 4 is 57.8 Å². The number of ether oxygens (including phenoxy) is 2. The number of imidazole rings is 2. The second kappa shape index (κ2) is 23.6. The Balaban J connectivity index is 0.000000181. The molecule has 0 atom stereocenters. The average molecular weight is 1140 g/mol. The van der Waals surface area contributed by atoms with Crippen LogP contribution in [0.1, 0.15) is 106 Å². The van der Waals surface area contributed by atoms with Gasteiger partial charge in [-0.2, -0.15) is 36.5 Å². The molecule has 2 aliphatic carbocycles. The molecule has 1 saturated heterocycles. The van der Waals surface area contributed by atoms with Crippen LogP contribution in [-0.4, -0.2) is 91.9 Å². The fourth-order valence-electron chi connectivity index (χ4n) is 9.86. The molecule has 2 saturated carbocycles. The van der Waals surface area contributed by atoms with E-state index in [0.29, 0.717) is 70.8 Å². The van der Waals surface area contributed by atoms with Gasteiger partial charge in [-0.15, -0.1) is 23.5 Å². The molecule has 8 aromatic rings. The Kier molecular flexibility index (Phi) is 16.6. The van der Waals surface area contributed by atoms with E-state index in [1.54, 1.807) is 65.2 Å². The lowest BCUT2D eigenvalue weighted by atomic mass is 9.98. The standard InChI is InChI=1S/C31H31F3N4O2S2.C29H29F3N4O2/c1-19-15-21(5-10-24(19)27(39)16-20-3-4-20)26-18-36-29-25(35-12-11-30(32,33)34)17-28(37-38(26)29)31(41-13-14-42-31)22-6-8-23(40-2)9-7-22;1-18-13-21(7-10-24(18)27(37)15-20-3-4-20)26-17-34-28-25(33-12-11-29(30,31)32)16-22(35-36(26)28)14-19-5-8-23(38-2)9-6-19/h5-10,15,17-18,20,35H,3-4,11-14,16H2,1-2H3;5-10,13,16-17,20,33H,3-4,11-12,14-15H2,1-2H3. The maximum absolute atomic E-state index is 13.1. The first kappa shape index (κ1) is 56.2. The molecule has 2 N–H and O–H groups in total. The Morgan fingerprint density at radius 1 is 0.625 bits per heavy atom. The van der Waals surface area contributed by atoms with Gasteiger partial charge >= 0.3 is 12.4 Å². The highest BCUT2D eigenvalue weighted by Gasteiger charge is 2.42. The molecule has 0 amide bonds. The lowest BCUT2D eigenvalue weighted by molar-refractivity contribution is -0.132. The van der Waals surface area contributed by atoms with Crippen molar-refractivity contribution in [1.29, 1.82) is 0 Å². The van der Waals surface area contributed by atoms with E-state index in [9.17, 15) is 35.9 Å². The van der Waals surface area contributed by atoms with Crippen LogP contribution in [-0.2, 0) is 10.5 Å². The largest absolute Gasteiger partial charge is 0.497 e. The van der Waals surface area contributed by atoms with Crippen molar-refractivity contribution in [3.05, 3.63) is 154 Å². The third-order valence-corrected chi connectivity index (χ3v) is 18.0. The van der Waals surface area contributed by atoms with Crippen molar-refractivity contribution < 1.29 is 45.4 Å². The fraction of sp³-hybridized carbons (Fsp3) is 0.367. The smallest absolute Gasteiger partial charge is 0.390 e. The normalized spacial score (nSPS) is 15.2. The zero-order chi connectivity index (χ0) is 56.3. The number of thioether (sulfide) groups is 2. The molecule has 0 bridgehead atoms. The summed E-state index contributed by atoms with van der Waals surface area (Å²) in [6.07, 6.45) is -1.01. The van der Waals surface area contributed by atoms with Crippen LogP contribution in [0.4, 0.5) is 37.7 Å². The quantitative estimate of drug-likeness (QED) is 0.0555. The monoisotopic (exact) mass is 1130 g/mol. The molecule has 0 spiro atoms.